The third-order valence-corrected chi connectivity index (χ3v) is 4.66. The third kappa shape index (κ3) is 4.31. The van der Waals surface area contributed by atoms with Gasteiger partial charge in [0.1, 0.15) is 5.82 Å². The fraction of sp³-hybridized carbons (Fsp3) is 0.318. The summed E-state index contributed by atoms with van der Waals surface area (Å²) in [6.45, 7) is 8.39. The van der Waals surface area contributed by atoms with E-state index in [1.54, 1.807) is 6.07 Å². The molecule has 3 aromatic rings. The Labute approximate surface area is 154 Å². The molecular formula is C22H26FN3. The summed E-state index contributed by atoms with van der Waals surface area (Å²) in [7, 11) is 0. The molecule has 1 atom stereocenters. The van der Waals surface area contributed by atoms with E-state index in [2.05, 4.69) is 47.8 Å². The first-order valence-electron chi connectivity index (χ1n) is 9.25. The maximum atomic E-state index is 13.3. The van der Waals surface area contributed by atoms with E-state index < -0.39 is 0 Å². The van der Waals surface area contributed by atoms with Crippen LogP contribution in [0.3, 0.4) is 0 Å². The summed E-state index contributed by atoms with van der Waals surface area (Å²) in [5.41, 5.74) is 4.65. The van der Waals surface area contributed by atoms with Crippen molar-refractivity contribution < 1.29 is 4.39 Å². The minimum absolute atomic E-state index is 0.0374. The molecule has 1 unspecified atom stereocenters. The van der Waals surface area contributed by atoms with Crippen LogP contribution in [0, 0.1) is 5.82 Å². The average Bonchev–Trinajstić information content (AvgIpc) is 3.05. The molecule has 2 aromatic heterocycles. The summed E-state index contributed by atoms with van der Waals surface area (Å²) in [4.78, 5) is 7.80. The first-order valence-corrected chi connectivity index (χ1v) is 9.25. The number of fused-ring (bicyclic) bond motifs is 1. The number of nitrogens with zero attached hydrogens (tertiary/aromatic N) is 1. The van der Waals surface area contributed by atoms with Crippen LogP contribution in [0.5, 0.6) is 0 Å². The smallest absolute Gasteiger partial charge is 0.125 e. The first-order chi connectivity index (χ1) is 12.6. The van der Waals surface area contributed by atoms with Gasteiger partial charge in [0.15, 0.2) is 0 Å². The SMILES string of the molecule is C=C(NC(C)c1ccc(CCCCC)cn1)c1cc2ccc(F)cc2[nH]1. The zero-order valence-corrected chi connectivity index (χ0v) is 15.5. The number of hydrogen-bond acceptors (Lipinski definition) is 2. The molecule has 0 saturated carbocycles. The van der Waals surface area contributed by atoms with Gasteiger partial charge in [-0.1, -0.05) is 32.4 Å². The van der Waals surface area contributed by atoms with Gasteiger partial charge in [-0.2, -0.15) is 0 Å². The van der Waals surface area contributed by atoms with Gasteiger partial charge in [-0.3, -0.25) is 4.98 Å². The fourth-order valence-corrected chi connectivity index (χ4v) is 3.09. The molecule has 136 valence electrons. The monoisotopic (exact) mass is 351 g/mol. The minimum Gasteiger partial charge on any atom is -0.376 e. The number of benzene rings is 1. The summed E-state index contributed by atoms with van der Waals surface area (Å²) in [6.07, 6.45) is 6.75. The molecule has 0 aliphatic heterocycles. The predicted octanol–water partition coefficient (Wildman–Crippen LogP) is 5.76. The quantitative estimate of drug-likeness (QED) is 0.507. The van der Waals surface area contributed by atoms with Gasteiger partial charge in [0, 0.05) is 17.1 Å². The molecule has 0 fully saturated rings. The van der Waals surface area contributed by atoms with Crippen LogP contribution in [0.1, 0.15) is 56.1 Å². The maximum absolute atomic E-state index is 13.3. The van der Waals surface area contributed by atoms with Crippen molar-refractivity contribution in [1.29, 1.82) is 0 Å². The van der Waals surface area contributed by atoms with Crippen LogP contribution < -0.4 is 5.32 Å². The lowest BCUT2D eigenvalue weighted by Gasteiger charge is -2.16. The number of halogens is 1. The molecule has 2 heterocycles. The Morgan fingerprint density at radius 2 is 2.08 bits per heavy atom. The van der Waals surface area contributed by atoms with Crippen LogP contribution in [0.2, 0.25) is 0 Å². The Bertz CT molecular complexity index is 880. The molecule has 1 aromatic carbocycles. The molecule has 3 rings (SSSR count). The zero-order chi connectivity index (χ0) is 18.5. The number of unbranched alkanes of at least 4 members (excludes halogenated alkanes) is 2. The summed E-state index contributed by atoms with van der Waals surface area (Å²) in [6, 6.07) is 11.0. The minimum atomic E-state index is -0.249. The Morgan fingerprint density at radius 1 is 1.23 bits per heavy atom. The molecular weight excluding hydrogens is 325 g/mol. The van der Waals surface area contributed by atoms with E-state index in [9.17, 15) is 4.39 Å². The number of aromatic amines is 1. The van der Waals surface area contributed by atoms with Gasteiger partial charge >= 0.3 is 0 Å². The second-order valence-electron chi connectivity index (χ2n) is 6.81. The Kier molecular flexibility index (Phi) is 5.71. The molecule has 0 saturated heterocycles. The summed E-state index contributed by atoms with van der Waals surface area (Å²) in [5.74, 6) is -0.249. The molecule has 0 bridgehead atoms. The van der Waals surface area contributed by atoms with Crippen LogP contribution in [0.25, 0.3) is 16.6 Å². The van der Waals surface area contributed by atoms with Crippen molar-refractivity contribution in [3.63, 3.8) is 0 Å². The normalized spacial score (nSPS) is 12.3. The van der Waals surface area contributed by atoms with E-state index >= 15 is 0 Å². The van der Waals surface area contributed by atoms with Crippen molar-refractivity contribution in [3.8, 4) is 0 Å². The second-order valence-corrected chi connectivity index (χ2v) is 6.81. The molecule has 0 aliphatic carbocycles. The van der Waals surface area contributed by atoms with Crippen molar-refractivity contribution in [2.24, 2.45) is 0 Å². The number of hydrogen-bond donors (Lipinski definition) is 2. The highest BCUT2D eigenvalue weighted by atomic mass is 19.1. The Balaban J connectivity index is 1.64. The van der Waals surface area contributed by atoms with Gasteiger partial charge in [-0.25, -0.2) is 4.39 Å². The van der Waals surface area contributed by atoms with Gasteiger partial charge in [0.2, 0.25) is 0 Å². The molecule has 3 nitrogen and oxygen atoms in total. The van der Waals surface area contributed by atoms with Crippen LogP contribution in [0.15, 0.2) is 49.2 Å². The molecule has 0 aliphatic rings. The van der Waals surface area contributed by atoms with E-state index in [0.29, 0.717) is 0 Å². The van der Waals surface area contributed by atoms with Crippen molar-refractivity contribution in [2.75, 3.05) is 0 Å². The van der Waals surface area contributed by atoms with E-state index in [4.69, 9.17) is 0 Å². The predicted molar refractivity (Wildman–Crippen MR) is 106 cm³/mol. The lowest BCUT2D eigenvalue weighted by Crippen LogP contribution is -2.17. The lowest BCUT2D eigenvalue weighted by molar-refractivity contribution is 0.629. The van der Waals surface area contributed by atoms with Gasteiger partial charge in [-0.05, 0) is 55.7 Å². The Morgan fingerprint density at radius 3 is 2.81 bits per heavy atom. The number of pyridine rings is 1. The van der Waals surface area contributed by atoms with Gasteiger partial charge in [0.25, 0.3) is 0 Å². The standard InChI is InChI=1S/C22H26FN3/c1-4-5-6-7-17-8-11-20(24-14-17)15(2)25-16(3)21-12-18-9-10-19(23)13-22(18)26-21/h8-15,25-26H,3-7H2,1-2H3. The molecule has 4 heteroatoms. The largest absolute Gasteiger partial charge is 0.376 e. The summed E-state index contributed by atoms with van der Waals surface area (Å²) >= 11 is 0. The summed E-state index contributed by atoms with van der Waals surface area (Å²) in [5, 5.41) is 4.34. The van der Waals surface area contributed by atoms with Gasteiger partial charge in [-0.15, -0.1) is 0 Å². The molecule has 0 amide bonds. The van der Waals surface area contributed by atoms with Crippen LogP contribution in [0.4, 0.5) is 4.39 Å². The van der Waals surface area contributed by atoms with Crippen molar-refractivity contribution in [3.05, 3.63) is 71.9 Å². The van der Waals surface area contributed by atoms with Gasteiger partial charge < -0.3 is 10.3 Å². The number of H-pyrrole nitrogens is 1. The zero-order valence-electron chi connectivity index (χ0n) is 15.5. The number of aromatic nitrogens is 2. The number of rotatable bonds is 8. The van der Waals surface area contributed by atoms with Crippen LogP contribution >= 0.6 is 0 Å². The highest BCUT2D eigenvalue weighted by Gasteiger charge is 2.11. The summed E-state index contributed by atoms with van der Waals surface area (Å²) < 4.78 is 13.3. The Hall–Kier alpha value is -2.62. The molecule has 26 heavy (non-hydrogen) atoms. The highest BCUT2D eigenvalue weighted by Crippen LogP contribution is 2.22. The van der Waals surface area contributed by atoms with E-state index in [-0.39, 0.29) is 11.9 Å². The van der Waals surface area contributed by atoms with E-state index in [1.807, 2.05) is 12.3 Å². The van der Waals surface area contributed by atoms with Crippen LogP contribution in [-0.4, -0.2) is 9.97 Å². The second kappa shape index (κ2) is 8.17. The number of aryl methyl sites for hydroxylation is 1. The topological polar surface area (TPSA) is 40.7 Å². The van der Waals surface area contributed by atoms with Crippen LogP contribution in [-0.2, 0) is 6.42 Å². The van der Waals surface area contributed by atoms with Crippen molar-refractivity contribution >= 4 is 16.6 Å². The van der Waals surface area contributed by atoms with Gasteiger partial charge in [0.05, 0.1) is 23.1 Å². The van der Waals surface area contributed by atoms with E-state index in [0.717, 1.165) is 34.4 Å². The number of nitrogens with one attached hydrogen (secondary N) is 2. The fourth-order valence-electron chi connectivity index (χ4n) is 3.09. The molecule has 0 radical (unpaired) electrons. The average molecular weight is 351 g/mol. The first kappa shape index (κ1) is 18.2. The third-order valence-electron chi connectivity index (χ3n) is 4.66. The van der Waals surface area contributed by atoms with Crippen molar-refractivity contribution in [2.45, 2.75) is 45.6 Å². The van der Waals surface area contributed by atoms with Crippen molar-refractivity contribution in [1.82, 2.24) is 15.3 Å². The van der Waals surface area contributed by atoms with E-state index in [1.165, 1.54) is 37.0 Å². The molecule has 2 N–H and O–H groups in total. The molecule has 0 spiro atoms. The maximum Gasteiger partial charge on any atom is 0.125 e. The lowest BCUT2D eigenvalue weighted by atomic mass is 10.1. The highest BCUT2D eigenvalue weighted by molar-refractivity contribution is 5.84.